The Labute approximate surface area is 148 Å². The largest absolute Gasteiger partial charge is 0.487 e. The van der Waals surface area contributed by atoms with Crippen molar-refractivity contribution in [3.63, 3.8) is 0 Å². The topological polar surface area (TPSA) is 78.1 Å². The maximum Gasteiger partial charge on any atom is 0.274 e. The van der Waals surface area contributed by atoms with Crippen LogP contribution in [0, 0.1) is 5.82 Å². The van der Waals surface area contributed by atoms with Gasteiger partial charge in [-0.1, -0.05) is 5.21 Å². The van der Waals surface area contributed by atoms with E-state index in [0.29, 0.717) is 30.2 Å². The zero-order valence-electron chi connectivity index (χ0n) is 14.1. The highest BCUT2D eigenvalue weighted by molar-refractivity contribution is 5.92. The van der Waals surface area contributed by atoms with Gasteiger partial charge in [-0.25, -0.2) is 9.07 Å². The Morgan fingerprint density at radius 2 is 2.04 bits per heavy atom. The molecule has 1 amide bonds. The molecule has 9 heteroatoms. The number of hydrogen-bond donors (Lipinski definition) is 0. The molecular weight excluding hydrogens is 339 g/mol. The average molecular weight is 356 g/mol. The fraction of sp³-hybridized carbons (Fsp3) is 0.294. The normalized spacial score (nSPS) is 14.3. The van der Waals surface area contributed by atoms with Gasteiger partial charge in [-0.3, -0.25) is 9.48 Å². The third kappa shape index (κ3) is 3.28. The van der Waals surface area contributed by atoms with Crippen LogP contribution in [0.4, 0.5) is 4.39 Å². The summed E-state index contributed by atoms with van der Waals surface area (Å²) in [4.78, 5) is 14.0. The highest BCUT2D eigenvalue weighted by Crippen LogP contribution is 2.22. The van der Waals surface area contributed by atoms with Crippen molar-refractivity contribution in [2.24, 2.45) is 7.05 Å². The highest BCUT2D eigenvalue weighted by Gasteiger charge is 2.34. The Morgan fingerprint density at radius 3 is 2.73 bits per heavy atom. The van der Waals surface area contributed by atoms with Crippen LogP contribution >= 0.6 is 0 Å². The van der Waals surface area contributed by atoms with E-state index in [4.69, 9.17) is 4.74 Å². The second-order valence-electron chi connectivity index (χ2n) is 6.17. The molecule has 0 radical (unpaired) electrons. The SMILES string of the molecule is Cn1ccc(C(=O)N2CC(n3cc(COc4ccc(F)cc4)nn3)C2)n1. The van der Waals surface area contributed by atoms with Crippen molar-refractivity contribution in [3.05, 3.63) is 59.9 Å². The van der Waals surface area contributed by atoms with Gasteiger partial charge in [0.2, 0.25) is 0 Å². The molecule has 0 aliphatic carbocycles. The van der Waals surface area contributed by atoms with Crippen molar-refractivity contribution in [2.75, 3.05) is 13.1 Å². The van der Waals surface area contributed by atoms with Gasteiger partial charge >= 0.3 is 0 Å². The van der Waals surface area contributed by atoms with Crippen LogP contribution in [0.15, 0.2) is 42.7 Å². The molecule has 0 saturated carbocycles. The predicted octanol–water partition coefficient (Wildman–Crippen LogP) is 1.43. The number of carbonyl (C=O) groups excluding carboxylic acids is 1. The van der Waals surface area contributed by atoms with Gasteiger partial charge in [0.05, 0.1) is 12.2 Å². The number of halogens is 1. The first-order chi connectivity index (χ1) is 12.6. The van der Waals surface area contributed by atoms with Gasteiger partial charge in [-0.2, -0.15) is 5.10 Å². The lowest BCUT2D eigenvalue weighted by molar-refractivity contribution is 0.0491. The van der Waals surface area contributed by atoms with E-state index in [2.05, 4.69) is 15.4 Å². The summed E-state index contributed by atoms with van der Waals surface area (Å²) in [6.07, 6.45) is 3.55. The van der Waals surface area contributed by atoms with E-state index >= 15 is 0 Å². The zero-order chi connectivity index (χ0) is 18.1. The summed E-state index contributed by atoms with van der Waals surface area (Å²) in [6.45, 7) is 1.38. The number of benzene rings is 1. The van der Waals surface area contributed by atoms with Crippen molar-refractivity contribution in [2.45, 2.75) is 12.6 Å². The lowest BCUT2D eigenvalue weighted by Crippen LogP contribution is -2.51. The minimum atomic E-state index is -0.307. The molecule has 1 aromatic carbocycles. The molecule has 3 heterocycles. The van der Waals surface area contributed by atoms with Gasteiger partial charge in [0.15, 0.2) is 0 Å². The molecule has 3 aromatic rings. The van der Waals surface area contributed by atoms with Crippen LogP contribution in [-0.2, 0) is 13.7 Å². The molecule has 8 nitrogen and oxygen atoms in total. The molecule has 0 N–H and O–H groups in total. The van der Waals surface area contributed by atoms with Crippen molar-refractivity contribution in [1.29, 1.82) is 0 Å². The maximum absolute atomic E-state index is 12.9. The predicted molar refractivity (Wildman–Crippen MR) is 88.9 cm³/mol. The minimum absolute atomic E-state index is 0.0816. The van der Waals surface area contributed by atoms with E-state index in [-0.39, 0.29) is 24.4 Å². The monoisotopic (exact) mass is 356 g/mol. The van der Waals surface area contributed by atoms with E-state index in [1.165, 1.54) is 12.1 Å². The van der Waals surface area contributed by atoms with E-state index < -0.39 is 0 Å². The molecule has 0 unspecified atom stereocenters. The molecule has 0 bridgehead atoms. The van der Waals surface area contributed by atoms with Crippen LogP contribution in [0.25, 0.3) is 0 Å². The van der Waals surface area contributed by atoms with Gasteiger partial charge in [-0.15, -0.1) is 5.10 Å². The molecule has 0 atom stereocenters. The quantitative estimate of drug-likeness (QED) is 0.691. The summed E-state index contributed by atoms with van der Waals surface area (Å²) < 4.78 is 21.8. The highest BCUT2D eigenvalue weighted by atomic mass is 19.1. The summed E-state index contributed by atoms with van der Waals surface area (Å²) in [5, 5.41) is 12.3. The molecule has 1 saturated heterocycles. The lowest BCUT2D eigenvalue weighted by atomic mass is 10.1. The molecule has 134 valence electrons. The molecule has 1 fully saturated rings. The third-order valence-electron chi connectivity index (χ3n) is 4.21. The number of ether oxygens (including phenoxy) is 1. The van der Waals surface area contributed by atoms with E-state index in [9.17, 15) is 9.18 Å². The number of carbonyl (C=O) groups is 1. The lowest BCUT2D eigenvalue weighted by Gasteiger charge is -2.38. The number of aromatic nitrogens is 5. The van der Waals surface area contributed by atoms with E-state index in [1.54, 1.807) is 51.9 Å². The fourth-order valence-electron chi connectivity index (χ4n) is 2.73. The number of hydrogen-bond acceptors (Lipinski definition) is 5. The number of likely N-dealkylation sites (tertiary alicyclic amines) is 1. The summed E-state index contributed by atoms with van der Waals surface area (Å²) in [6, 6.07) is 7.60. The van der Waals surface area contributed by atoms with Gasteiger partial charge in [0, 0.05) is 26.3 Å². The number of rotatable bonds is 5. The molecular formula is C17H17FN6O2. The molecule has 2 aromatic heterocycles. The first-order valence-corrected chi connectivity index (χ1v) is 8.16. The summed E-state index contributed by atoms with van der Waals surface area (Å²) >= 11 is 0. The molecule has 1 aliphatic rings. The Bertz CT molecular complexity index is 913. The Balaban J connectivity index is 1.30. The van der Waals surface area contributed by atoms with Crippen molar-refractivity contribution < 1.29 is 13.9 Å². The maximum atomic E-state index is 12.9. The summed E-state index contributed by atoms with van der Waals surface area (Å²) in [5.41, 5.74) is 1.11. The smallest absolute Gasteiger partial charge is 0.274 e. The van der Waals surface area contributed by atoms with Gasteiger partial charge < -0.3 is 9.64 Å². The second kappa shape index (κ2) is 6.58. The van der Waals surface area contributed by atoms with Crippen LogP contribution < -0.4 is 4.74 Å². The summed E-state index contributed by atoms with van der Waals surface area (Å²) in [5.74, 6) is 0.177. The number of amides is 1. The standard InChI is InChI=1S/C17H17FN6O2/c1-22-7-6-16(20-22)17(25)23-9-14(10-23)24-8-13(19-21-24)11-26-15-4-2-12(18)3-5-15/h2-8,14H,9-11H2,1H3. The fourth-order valence-corrected chi connectivity index (χ4v) is 2.73. The molecule has 0 spiro atoms. The van der Waals surface area contributed by atoms with Crippen molar-refractivity contribution in [1.82, 2.24) is 29.7 Å². The minimum Gasteiger partial charge on any atom is -0.487 e. The van der Waals surface area contributed by atoms with E-state index in [1.807, 2.05) is 0 Å². The Morgan fingerprint density at radius 1 is 1.27 bits per heavy atom. The van der Waals surface area contributed by atoms with Crippen LogP contribution in [0.1, 0.15) is 22.2 Å². The Hall–Kier alpha value is -3.23. The first kappa shape index (κ1) is 16.2. The van der Waals surface area contributed by atoms with Gasteiger partial charge in [-0.05, 0) is 30.3 Å². The van der Waals surface area contributed by atoms with Crippen molar-refractivity contribution >= 4 is 5.91 Å². The van der Waals surface area contributed by atoms with Crippen molar-refractivity contribution in [3.8, 4) is 5.75 Å². The van der Waals surface area contributed by atoms with E-state index in [0.717, 1.165) is 0 Å². The number of aryl methyl sites for hydroxylation is 1. The first-order valence-electron chi connectivity index (χ1n) is 8.16. The van der Waals surface area contributed by atoms with Gasteiger partial charge in [0.25, 0.3) is 5.91 Å². The number of nitrogens with zero attached hydrogens (tertiary/aromatic N) is 6. The van der Waals surface area contributed by atoms with Crippen LogP contribution in [0.3, 0.4) is 0 Å². The molecule has 1 aliphatic heterocycles. The Kier molecular flexibility index (Phi) is 4.11. The third-order valence-corrected chi connectivity index (χ3v) is 4.21. The second-order valence-corrected chi connectivity index (χ2v) is 6.17. The van der Waals surface area contributed by atoms with Crippen LogP contribution in [0.2, 0.25) is 0 Å². The van der Waals surface area contributed by atoms with Gasteiger partial charge in [0.1, 0.15) is 29.6 Å². The average Bonchev–Trinajstić information content (AvgIpc) is 3.22. The van der Waals surface area contributed by atoms with Crippen LogP contribution in [0.5, 0.6) is 5.75 Å². The molecule has 4 rings (SSSR count). The van der Waals surface area contributed by atoms with Crippen LogP contribution in [-0.4, -0.2) is 48.7 Å². The molecule has 26 heavy (non-hydrogen) atoms. The zero-order valence-corrected chi connectivity index (χ0v) is 14.1. The summed E-state index contributed by atoms with van der Waals surface area (Å²) in [7, 11) is 1.78.